The van der Waals surface area contributed by atoms with Crippen LogP contribution in [0.2, 0.25) is 0 Å². The van der Waals surface area contributed by atoms with Gasteiger partial charge in [0.05, 0.1) is 26.4 Å². The summed E-state index contributed by atoms with van der Waals surface area (Å²) in [6.07, 6.45) is 2.82. The van der Waals surface area contributed by atoms with Gasteiger partial charge in [0.15, 0.2) is 5.96 Å². The Kier molecular flexibility index (Phi) is 13.2. The maximum absolute atomic E-state index is 5.53. The largest absolute Gasteiger partial charge is 0.478 e. The van der Waals surface area contributed by atoms with E-state index in [1.165, 1.54) is 0 Å². The van der Waals surface area contributed by atoms with Gasteiger partial charge in [-0.2, -0.15) is 0 Å². The maximum Gasteiger partial charge on any atom is 0.213 e. The lowest BCUT2D eigenvalue weighted by Crippen LogP contribution is -2.52. The first-order valence-electron chi connectivity index (χ1n) is 10.6. The van der Waals surface area contributed by atoms with Crippen LogP contribution in [0.4, 0.5) is 0 Å². The minimum absolute atomic E-state index is 0. The van der Waals surface area contributed by atoms with Crippen LogP contribution in [-0.2, 0) is 11.3 Å². The molecule has 1 saturated heterocycles. The van der Waals surface area contributed by atoms with Gasteiger partial charge >= 0.3 is 0 Å². The van der Waals surface area contributed by atoms with Crippen LogP contribution >= 0.6 is 24.0 Å². The Labute approximate surface area is 193 Å². The molecule has 166 valence electrons. The number of guanidine groups is 1. The van der Waals surface area contributed by atoms with Gasteiger partial charge in [-0.1, -0.05) is 26.8 Å². The minimum atomic E-state index is 0. The normalized spacial score (nSPS) is 16.2. The van der Waals surface area contributed by atoms with Crippen molar-refractivity contribution in [3.05, 3.63) is 23.9 Å². The highest BCUT2D eigenvalue weighted by atomic mass is 127. The summed E-state index contributed by atoms with van der Waals surface area (Å²) < 4.78 is 11.0. The zero-order chi connectivity index (χ0) is 20.2. The number of hydrogen-bond acceptors (Lipinski definition) is 5. The molecule has 0 aromatic carbocycles. The molecule has 2 heterocycles. The fourth-order valence-corrected chi connectivity index (χ4v) is 3.21. The highest BCUT2D eigenvalue weighted by Gasteiger charge is 2.23. The zero-order valence-corrected chi connectivity index (χ0v) is 20.6. The molecule has 2 N–H and O–H groups in total. The van der Waals surface area contributed by atoms with Crippen molar-refractivity contribution in [2.24, 2.45) is 10.9 Å². The molecule has 8 heteroatoms. The number of halogens is 1. The number of nitrogens with one attached hydrogen (secondary N) is 2. The summed E-state index contributed by atoms with van der Waals surface area (Å²) in [6.45, 7) is 15.3. The molecule has 1 unspecified atom stereocenters. The monoisotopic (exact) mass is 519 g/mol. The SMILES string of the molecule is CCCOc1ccc(CN=C(NCC)NCC(C(C)C)N2CCOCC2)cn1.I. The van der Waals surface area contributed by atoms with Crippen molar-refractivity contribution in [1.29, 1.82) is 0 Å². The standard InChI is InChI=1S/C21H37N5O2.HI/c1-5-11-28-20-8-7-18(14-23-20)15-24-21(22-6-2)25-16-19(17(3)4)26-9-12-27-13-10-26;/h7-8,14,17,19H,5-6,9-13,15-16H2,1-4H3,(H2,22,24,25);1H. The van der Waals surface area contributed by atoms with Crippen molar-refractivity contribution in [2.75, 3.05) is 46.0 Å². The molecule has 1 aromatic rings. The fraction of sp³-hybridized carbons (Fsp3) is 0.714. The molecule has 1 aromatic heterocycles. The van der Waals surface area contributed by atoms with Crippen LogP contribution in [0.15, 0.2) is 23.3 Å². The number of morpholine rings is 1. The van der Waals surface area contributed by atoms with Crippen molar-refractivity contribution >= 4 is 29.9 Å². The minimum Gasteiger partial charge on any atom is -0.478 e. The lowest BCUT2D eigenvalue weighted by molar-refractivity contribution is 0.00752. The lowest BCUT2D eigenvalue weighted by Gasteiger charge is -2.37. The molecule has 7 nitrogen and oxygen atoms in total. The highest BCUT2D eigenvalue weighted by Crippen LogP contribution is 2.12. The summed E-state index contributed by atoms with van der Waals surface area (Å²) in [6, 6.07) is 4.40. The quantitative estimate of drug-likeness (QED) is 0.282. The molecule has 29 heavy (non-hydrogen) atoms. The van der Waals surface area contributed by atoms with Crippen molar-refractivity contribution in [3.8, 4) is 5.88 Å². The molecule has 0 spiro atoms. The van der Waals surface area contributed by atoms with Crippen LogP contribution in [-0.4, -0.2) is 67.9 Å². The van der Waals surface area contributed by atoms with Gasteiger partial charge in [0.2, 0.25) is 5.88 Å². The molecule has 1 atom stereocenters. The molecule has 0 radical (unpaired) electrons. The van der Waals surface area contributed by atoms with Crippen molar-refractivity contribution in [1.82, 2.24) is 20.5 Å². The van der Waals surface area contributed by atoms with Gasteiger partial charge in [0.1, 0.15) is 0 Å². The molecule has 0 amide bonds. The van der Waals surface area contributed by atoms with Crippen LogP contribution < -0.4 is 15.4 Å². The fourth-order valence-electron chi connectivity index (χ4n) is 3.21. The van der Waals surface area contributed by atoms with E-state index in [1.54, 1.807) is 0 Å². The van der Waals surface area contributed by atoms with E-state index in [0.717, 1.165) is 57.3 Å². The molecular formula is C21H38IN5O2. The average molecular weight is 519 g/mol. The van der Waals surface area contributed by atoms with Gasteiger partial charge in [-0.05, 0) is 24.8 Å². The third-order valence-corrected chi connectivity index (χ3v) is 4.78. The number of hydrogen-bond donors (Lipinski definition) is 2. The van der Waals surface area contributed by atoms with Crippen molar-refractivity contribution in [3.63, 3.8) is 0 Å². The molecule has 1 fully saturated rings. The highest BCUT2D eigenvalue weighted by molar-refractivity contribution is 14.0. The molecule has 0 aliphatic carbocycles. The number of aliphatic imine (C=N–C) groups is 1. The van der Waals surface area contributed by atoms with Gasteiger partial charge in [-0.25, -0.2) is 9.98 Å². The second-order valence-electron chi connectivity index (χ2n) is 7.39. The summed E-state index contributed by atoms with van der Waals surface area (Å²) in [4.78, 5) is 11.6. The van der Waals surface area contributed by atoms with Crippen molar-refractivity contribution < 1.29 is 9.47 Å². The predicted molar refractivity (Wildman–Crippen MR) is 129 cm³/mol. The zero-order valence-electron chi connectivity index (χ0n) is 18.3. The smallest absolute Gasteiger partial charge is 0.213 e. The van der Waals surface area contributed by atoms with Gasteiger partial charge in [-0.15, -0.1) is 24.0 Å². The van der Waals surface area contributed by atoms with E-state index in [2.05, 4.69) is 48.2 Å². The molecule has 1 aliphatic heterocycles. The first-order valence-corrected chi connectivity index (χ1v) is 10.6. The molecule has 0 saturated carbocycles. The summed E-state index contributed by atoms with van der Waals surface area (Å²) in [5.41, 5.74) is 1.06. The summed E-state index contributed by atoms with van der Waals surface area (Å²) in [5.74, 6) is 2.07. The summed E-state index contributed by atoms with van der Waals surface area (Å²) in [5, 5.41) is 6.86. The number of rotatable bonds is 10. The number of ether oxygens (including phenoxy) is 2. The first kappa shape index (κ1) is 25.9. The van der Waals surface area contributed by atoms with Crippen LogP contribution in [0, 0.1) is 5.92 Å². The Balaban J connectivity index is 0.00000420. The topological polar surface area (TPSA) is 71.0 Å². The van der Waals surface area contributed by atoms with Crippen LogP contribution in [0.1, 0.15) is 39.7 Å². The molecule has 1 aliphatic rings. The Bertz CT molecular complexity index is 577. The summed E-state index contributed by atoms with van der Waals surface area (Å²) >= 11 is 0. The number of aromatic nitrogens is 1. The first-order chi connectivity index (χ1) is 13.6. The Hall–Kier alpha value is -1.13. The van der Waals surface area contributed by atoms with Gasteiger partial charge in [0.25, 0.3) is 0 Å². The average Bonchev–Trinajstić information content (AvgIpc) is 2.72. The molecular weight excluding hydrogens is 481 g/mol. The van der Waals surface area contributed by atoms with E-state index in [1.807, 2.05) is 18.3 Å². The van der Waals surface area contributed by atoms with E-state index in [4.69, 9.17) is 14.5 Å². The van der Waals surface area contributed by atoms with Gasteiger partial charge in [-0.3, -0.25) is 4.90 Å². The third kappa shape index (κ3) is 9.48. The molecule has 2 rings (SSSR count). The Morgan fingerprint density at radius 2 is 2.00 bits per heavy atom. The second kappa shape index (κ2) is 14.8. The molecule has 0 bridgehead atoms. The Morgan fingerprint density at radius 3 is 2.59 bits per heavy atom. The number of pyridine rings is 1. The predicted octanol–water partition coefficient (Wildman–Crippen LogP) is 2.90. The van der Waals surface area contributed by atoms with Gasteiger partial charge in [0, 0.05) is 44.5 Å². The summed E-state index contributed by atoms with van der Waals surface area (Å²) in [7, 11) is 0. The van der Waals surface area contributed by atoms with E-state index in [-0.39, 0.29) is 24.0 Å². The van der Waals surface area contributed by atoms with Crippen molar-refractivity contribution in [2.45, 2.75) is 46.7 Å². The van der Waals surface area contributed by atoms with Crippen LogP contribution in [0.5, 0.6) is 5.88 Å². The van der Waals surface area contributed by atoms with Crippen LogP contribution in [0.3, 0.4) is 0 Å². The second-order valence-corrected chi connectivity index (χ2v) is 7.39. The van der Waals surface area contributed by atoms with E-state index in [9.17, 15) is 0 Å². The van der Waals surface area contributed by atoms with E-state index in [0.29, 0.717) is 31.0 Å². The van der Waals surface area contributed by atoms with Crippen LogP contribution in [0.25, 0.3) is 0 Å². The van der Waals surface area contributed by atoms with Gasteiger partial charge < -0.3 is 20.1 Å². The number of nitrogens with zero attached hydrogens (tertiary/aromatic N) is 3. The Morgan fingerprint density at radius 1 is 1.24 bits per heavy atom. The van der Waals surface area contributed by atoms with E-state index < -0.39 is 0 Å². The third-order valence-electron chi connectivity index (χ3n) is 4.78. The maximum atomic E-state index is 5.53. The lowest BCUT2D eigenvalue weighted by atomic mass is 10.0. The van der Waals surface area contributed by atoms with E-state index >= 15 is 0 Å².